The molecule has 174 valence electrons. The fourth-order valence-electron chi connectivity index (χ4n) is 3.67. The Bertz CT molecular complexity index is 827. The van der Waals surface area contributed by atoms with Gasteiger partial charge in [-0.15, -0.1) is 24.0 Å². The smallest absolute Gasteiger partial charge is 0.244 e. The lowest BCUT2D eigenvalue weighted by atomic mass is 10.0. The van der Waals surface area contributed by atoms with Crippen LogP contribution in [-0.2, 0) is 4.79 Å². The van der Waals surface area contributed by atoms with Gasteiger partial charge >= 0.3 is 0 Å². The molecule has 2 aromatic carbocycles. The summed E-state index contributed by atoms with van der Waals surface area (Å²) in [7, 11) is 0. The van der Waals surface area contributed by atoms with Crippen molar-refractivity contribution in [2.75, 3.05) is 57.3 Å². The van der Waals surface area contributed by atoms with Crippen LogP contribution in [0.3, 0.4) is 0 Å². The molecule has 1 saturated heterocycles. The van der Waals surface area contributed by atoms with E-state index in [-0.39, 0.29) is 49.0 Å². The minimum atomic E-state index is -0.0354. The Labute approximate surface area is 207 Å². The lowest BCUT2D eigenvalue weighted by molar-refractivity contribution is -0.129. The van der Waals surface area contributed by atoms with E-state index in [1.807, 2.05) is 60.4 Å². The molecule has 1 aliphatic heterocycles. The SMILES string of the molecule is CCNC(=NCC(=O)N1CCN(c2ccccc2)CC1)NCC(CO)c1ccccc1.I. The monoisotopic (exact) mass is 551 g/mol. The standard InChI is InChI=1S/C24H33N5O2.HI/c1-2-25-24(26-17-21(19-30)20-9-5-3-6-10-20)27-18-23(31)29-15-13-28(14-16-29)22-11-7-4-8-12-22;/h3-12,21,30H,2,13-19H2,1H3,(H2,25,26,27);1H. The van der Waals surface area contributed by atoms with Gasteiger partial charge in [0, 0.05) is 50.9 Å². The molecular weight excluding hydrogens is 517 g/mol. The quantitative estimate of drug-likeness (QED) is 0.267. The van der Waals surface area contributed by atoms with Crippen LogP contribution in [0.5, 0.6) is 0 Å². The van der Waals surface area contributed by atoms with Gasteiger partial charge in [0.05, 0.1) is 6.61 Å². The first-order chi connectivity index (χ1) is 15.2. The summed E-state index contributed by atoms with van der Waals surface area (Å²) in [5, 5.41) is 16.2. The number of halogens is 1. The number of nitrogens with one attached hydrogen (secondary N) is 2. The first kappa shape index (κ1) is 25.9. The van der Waals surface area contributed by atoms with Crippen molar-refractivity contribution in [3.63, 3.8) is 0 Å². The highest BCUT2D eigenvalue weighted by Gasteiger charge is 2.21. The van der Waals surface area contributed by atoms with E-state index in [1.54, 1.807) is 0 Å². The molecule has 32 heavy (non-hydrogen) atoms. The molecule has 3 N–H and O–H groups in total. The van der Waals surface area contributed by atoms with Gasteiger partial charge in [-0.2, -0.15) is 0 Å². The van der Waals surface area contributed by atoms with Gasteiger partial charge < -0.3 is 25.5 Å². The molecule has 1 heterocycles. The maximum Gasteiger partial charge on any atom is 0.244 e. The van der Waals surface area contributed by atoms with Crippen LogP contribution in [-0.4, -0.2) is 74.3 Å². The molecule has 0 aromatic heterocycles. The second-order valence-electron chi connectivity index (χ2n) is 7.57. The number of nitrogens with zero attached hydrogens (tertiary/aromatic N) is 3. The highest BCUT2D eigenvalue weighted by atomic mass is 127. The second kappa shape index (κ2) is 13.9. The number of hydrogen-bond acceptors (Lipinski definition) is 4. The molecule has 0 radical (unpaired) electrons. The zero-order valence-electron chi connectivity index (χ0n) is 18.6. The molecular formula is C24H34IN5O2. The van der Waals surface area contributed by atoms with E-state index in [1.165, 1.54) is 5.69 Å². The Hall–Kier alpha value is -2.33. The highest BCUT2D eigenvalue weighted by Crippen LogP contribution is 2.16. The van der Waals surface area contributed by atoms with E-state index in [0.29, 0.717) is 32.1 Å². The van der Waals surface area contributed by atoms with E-state index in [4.69, 9.17) is 0 Å². The van der Waals surface area contributed by atoms with Crippen molar-refractivity contribution in [1.82, 2.24) is 15.5 Å². The van der Waals surface area contributed by atoms with Gasteiger partial charge in [0.2, 0.25) is 5.91 Å². The third-order valence-corrected chi connectivity index (χ3v) is 5.48. The molecule has 2 aromatic rings. The average molecular weight is 551 g/mol. The van der Waals surface area contributed by atoms with Crippen LogP contribution < -0.4 is 15.5 Å². The van der Waals surface area contributed by atoms with Crippen molar-refractivity contribution in [1.29, 1.82) is 0 Å². The minimum absolute atomic E-state index is 0. The maximum absolute atomic E-state index is 12.7. The van der Waals surface area contributed by atoms with Crippen LogP contribution >= 0.6 is 24.0 Å². The number of para-hydroxylation sites is 1. The maximum atomic E-state index is 12.7. The molecule has 3 rings (SSSR count). The zero-order chi connectivity index (χ0) is 21.9. The first-order valence-electron chi connectivity index (χ1n) is 11.0. The van der Waals surface area contributed by atoms with Gasteiger partial charge in [0.15, 0.2) is 5.96 Å². The number of carbonyl (C=O) groups excluding carboxylic acids is 1. The average Bonchev–Trinajstić information content (AvgIpc) is 2.84. The molecule has 1 aliphatic rings. The van der Waals surface area contributed by atoms with Crippen molar-refractivity contribution < 1.29 is 9.90 Å². The number of piperazine rings is 1. The fourth-order valence-corrected chi connectivity index (χ4v) is 3.67. The zero-order valence-corrected chi connectivity index (χ0v) is 20.9. The number of guanidine groups is 1. The van der Waals surface area contributed by atoms with Crippen LogP contribution in [0.15, 0.2) is 65.7 Å². The summed E-state index contributed by atoms with van der Waals surface area (Å²) in [6.45, 7) is 6.43. The number of carbonyl (C=O) groups is 1. The molecule has 1 unspecified atom stereocenters. The number of aliphatic hydroxyl groups excluding tert-OH is 1. The lowest BCUT2D eigenvalue weighted by Gasteiger charge is -2.36. The molecule has 8 heteroatoms. The van der Waals surface area contributed by atoms with Crippen molar-refractivity contribution in [3.8, 4) is 0 Å². The second-order valence-corrected chi connectivity index (χ2v) is 7.57. The number of hydrogen-bond donors (Lipinski definition) is 3. The molecule has 1 atom stereocenters. The Kier molecular flexibility index (Phi) is 11.3. The molecule has 1 amide bonds. The number of aliphatic hydroxyl groups is 1. The summed E-state index contributed by atoms with van der Waals surface area (Å²) in [5.74, 6) is 0.589. The summed E-state index contributed by atoms with van der Waals surface area (Å²) >= 11 is 0. The van der Waals surface area contributed by atoms with E-state index in [9.17, 15) is 9.90 Å². The molecule has 0 saturated carbocycles. The Morgan fingerprint density at radius 3 is 2.22 bits per heavy atom. The van der Waals surface area contributed by atoms with Crippen LogP contribution in [0.4, 0.5) is 5.69 Å². The summed E-state index contributed by atoms with van der Waals surface area (Å²) < 4.78 is 0. The van der Waals surface area contributed by atoms with Crippen LogP contribution in [0.1, 0.15) is 18.4 Å². The van der Waals surface area contributed by atoms with E-state index in [2.05, 4.69) is 32.7 Å². The largest absolute Gasteiger partial charge is 0.396 e. The van der Waals surface area contributed by atoms with E-state index >= 15 is 0 Å². The van der Waals surface area contributed by atoms with Crippen LogP contribution in [0.25, 0.3) is 0 Å². The number of aliphatic imine (C=N–C) groups is 1. The Morgan fingerprint density at radius 2 is 1.62 bits per heavy atom. The van der Waals surface area contributed by atoms with Crippen LogP contribution in [0.2, 0.25) is 0 Å². The predicted molar refractivity (Wildman–Crippen MR) is 141 cm³/mol. The van der Waals surface area contributed by atoms with E-state index < -0.39 is 0 Å². The number of amides is 1. The number of anilines is 1. The predicted octanol–water partition coefficient (Wildman–Crippen LogP) is 2.28. The van der Waals surface area contributed by atoms with E-state index in [0.717, 1.165) is 18.7 Å². The number of benzene rings is 2. The Morgan fingerprint density at radius 1 is 1.00 bits per heavy atom. The van der Waals surface area contributed by atoms with Gasteiger partial charge in [-0.3, -0.25) is 4.79 Å². The van der Waals surface area contributed by atoms with Crippen molar-refractivity contribution in [2.45, 2.75) is 12.8 Å². The van der Waals surface area contributed by atoms with Gasteiger partial charge in [0.1, 0.15) is 6.54 Å². The highest BCUT2D eigenvalue weighted by molar-refractivity contribution is 14.0. The number of rotatable bonds is 8. The normalized spacial score (nSPS) is 15.0. The Balaban J connectivity index is 0.00000363. The third-order valence-electron chi connectivity index (χ3n) is 5.48. The summed E-state index contributed by atoms with van der Waals surface area (Å²) in [6, 6.07) is 20.2. The first-order valence-corrected chi connectivity index (χ1v) is 11.0. The molecule has 0 spiro atoms. The summed E-state index contributed by atoms with van der Waals surface area (Å²) in [4.78, 5) is 21.3. The minimum Gasteiger partial charge on any atom is -0.396 e. The van der Waals surface area contributed by atoms with Gasteiger partial charge in [-0.05, 0) is 24.6 Å². The van der Waals surface area contributed by atoms with Gasteiger partial charge in [-0.1, -0.05) is 48.5 Å². The van der Waals surface area contributed by atoms with Crippen LogP contribution in [0, 0.1) is 0 Å². The van der Waals surface area contributed by atoms with Crippen molar-refractivity contribution >= 4 is 41.5 Å². The fraction of sp³-hybridized carbons (Fsp3) is 0.417. The molecule has 7 nitrogen and oxygen atoms in total. The molecule has 1 fully saturated rings. The molecule has 0 aliphatic carbocycles. The van der Waals surface area contributed by atoms with Gasteiger partial charge in [-0.25, -0.2) is 4.99 Å². The van der Waals surface area contributed by atoms with Gasteiger partial charge in [0.25, 0.3) is 0 Å². The van der Waals surface area contributed by atoms with Crippen molar-refractivity contribution in [3.05, 3.63) is 66.2 Å². The third kappa shape index (κ3) is 7.67. The summed E-state index contributed by atoms with van der Waals surface area (Å²) in [6.07, 6.45) is 0. The summed E-state index contributed by atoms with van der Waals surface area (Å²) in [5.41, 5.74) is 2.27. The van der Waals surface area contributed by atoms with Crippen molar-refractivity contribution in [2.24, 2.45) is 4.99 Å². The lowest BCUT2D eigenvalue weighted by Crippen LogP contribution is -2.49. The topological polar surface area (TPSA) is 80.2 Å². The molecule has 0 bridgehead atoms.